The fourth-order valence-corrected chi connectivity index (χ4v) is 2.59. The monoisotopic (exact) mass is 223 g/mol. The molecule has 1 heterocycles. The smallest absolute Gasteiger partial charge is 0.0708 e. The SMILES string of the molecule is Cc1ccccc1-c1ccc2c(n1)CCCC2. The molecule has 2 aromatic rings. The second kappa shape index (κ2) is 4.33. The molecule has 0 amide bonds. The lowest BCUT2D eigenvalue weighted by molar-refractivity contribution is 0.668. The topological polar surface area (TPSA) is 12.9 Å². The van der Waals surface area contributed by atoms with Gasteiger partial charge >= 0.3 is 0 Å². The van der Waals surface area contributed by atoms with Crippen molar-refractivity contribution in [2.45, 2.75) is 32.6 Å². The third-order valence-corrected chi connectivity index (χ3v) is 3.60. The van der Waals surface area contributed by atoms with E-state index in [1.165, 1.54) is 41.6 Å². The lowest BCUT2D eigenvalue weighted by atomic mass is 9.95. The van der Waals surface area contributed by atoms with Gasteiger partial charge in [-0.2, -0.15) is 0 Å². The molecular formula is C16H17N. The van der Waals surface area contributed by atoms with Gasteiger partial charge < -0.3 is 0 Å². The van der Waals surface area contributed by atoms with Crippen LogP contribution in [0.1, 0.15) is 29.7 Å². The number of benzene rings is 1. The van der Waals surface area contributed by atoms with Crippen molar-refractivity contribution in [3.63, 3.8) is 0 Å². The lowest BCUT2D eigenvalue weighted by Gasteiger charge is -2.16. The van der Waals surface area contributed by atoms with Crippen LogP contribution in [0.5, 0.6) is 0 Å². The maximum Gasteiger partial charge on any atom is 0.0708 e. The van der Waals surface area contributed by atoms with Crippen LogP contribution in [-0.2, 0) is 12.8 Å². The molecule has 1 aliphatic rings. The second-order valence-corrected chi connectivity index (χ2v) is 4.82. The van der Waals surface area contributed by atoms with Gasteiger partial charge in [-0.3, -0.25) is 4.98 Å². The predicted octanol–water partition coefficient (Wildman–Crippen LogP) is 3.94. The lowest BCUT2D eigenvalue weighted by Crippen LogP contribution is -2.05. The fraction of sp³-hybridized carbons (Fsp3) is 0.312. The zero-order chi connectivity index (χ0) is 11.7. The van der Waals surface area contributed by atoms with Gasteiger partial charge in [0.2, 0.25) is 0 Å². The molecule has 86 valence electrons. The van der Waals surface area contributed by atoms with E-state index in [1.54, 1.807) is 0 Å². The first-order valence-corrected chi connectivity index (χ1v) is 6.39. The highest BCUT2D eigenvalue weighted by molar-refractivity contribution is 5.63. The standard InChI is InChI=1S/C16H17N/c1-12-6-2-4-8-14(12)16-11-10-13-7-3-5-9-15(13)17-16/h2,4,6,8,10-11H,3,5,7,9H2,1H3. The van der Waals surface area contributed by atoms with Gasteiger partial charge in [0, 0.05) is 11.3 Å². The van der Waals surface area contributed by atoms with Crippen molar-refractivity contribution in [1.29, 1.82) is 0 Å². The van der Waals surface area contributed by atoms with E-state index in [4.69, 9.17) is 4.98 Å². The Kier molecular flexibility index (Phi) is 2.68. The van der Waals surface area contributed by atoms with Crippen LogP contribution in [0.4, 0.5) is 0 Å². The summed E-state index contributed by atoms with van der Waals surface area (Å²) in [4.78, 5) is 4.84. The van der Waals surface area contributed by atoms with E-state index in [-0.39, 0.29) is 0 Å². The molecule has 0 saturated heterocycles. The van der Waals surface area contributed by atoms with Gasteiger partial charge in [-0.25, -0.2) is 0 Å². The third-order valence-electron chi connectivity index (χ3n) is 3.60. The van der Waals surface area contributed by atoms with Crippen LogP contribution in [0.2, 0.25) is 0 Å². The highest BCUT2D eigenvalue weighted by Gasteiger charge is 2.12. The molecule has 0 atom stereocenters. The molecule has 1 aromatic carbocycles. The summed E-state index contributed by atoms with van der Waals surface area (Å²) in [6.07, 6.45) is 4.96. The molecule has 0 radical (unpaired) electrons. The highest BCUT2D eigenvalue weighted by atomic mass is 14.7. The molecule has 1 heteroatoms. The first kappa shape index (κ1) is 10.5. The maximum absolute atomic E-state index is 4.84. The van der Waals surface area contributed by atoms with Crippen LogP contribution in [0.3, 0.4) is 0 Å². The number of aromatic nitrogens is 1. The molecule has 17 heavy (non-hydrogen) atoms. The van der Waals surface area contributed by atoms with E-state index >= 15 is 0 Å². The van der Waals surface area contributed by atoms with Gasteiger partial charge in [0.25, 0.3) is 0 Å². The molecule has 0 fully saturated rings. The Balaban J connectivity index is 2.07. The molecule has 1 aromatic heterocycles. The van der Waals surface area contributed by atoms with Crippen LogP contribution in [-0.4, -0.2) is 4.98 Å². The Morgan fingerprint density at radius 2 is 1.76 bits per heavy atom. The van der Waals surface area contributed by atoms with Crippen LogP contribution < -0.4 is 0 Å². The highest BCUT2D eigenvalue weighted by Crippen LogP contribution is 2.25. The molecule has 1 nitrogen and oxygen atoms in total. The number of fused-ring (bicyclic) bond motifs is 1. The number of hydrogen-bond donors (Lipinski definition) is 0. The van der Waals surface area contributed by atoms with E-state index in [1.807, 2.05) is 0 Å². The number of nitrogens with zero attached hydrogens (tertiary/aromatic N) is 1. The van der Waals surface area contributed by atoms with E-state index < -0.39 is 0 Å². The largest absolute Gasteiger partial charge is 0.253 e. The van der Waals surface area contributed by atoms with Gasteiger partial charge in [-0.1, -0.05) is 30.3 Å². The first-order chi connectivity index (χ1) is 8.34. The summed E-state index contributed by atoms with van der Waals surface area (Å²) in [7, 11) is 0. The molecule has 0 saturated carbocycles. The third kappa shape index (κ3) is 1.97. The van der Waals surface area contributed by atoms with Gasteiger partial charge in [0.05, 0.1) is 5.69 Å². The Morgan fingerprint density at radius 3 is 2.65 bits per heavy atom. The summed E-state index contributed by atoms with van der Waals surface area (Å²) in [5.74, 6) is 0. The second-order valence-electron chi connectivity index (χ2n) is 4.82. The minimum absolute atomic E-state index is 1.13. The summed E-state index contributed by atoms with van der Waals surface area (Å²) >= 11 is 0. The average Bonchev–Trinajstić information content (AvgIpc) is 2.39. The van der Waals surface area contributed by atoms with E-state index in [2.05, 4.69) is 43.3 Å². The van der Waals surface area contributed by atoms with Crippen molar-refractivity contribution in [1.82, 2.24) is 4.98 Å². The van der Waals surface area contributed by atoms with Crippen molar-refractivity contribution in [3.8, 4) is 11.3 Å². The van der Waals surface area contributed by atoms with Gasteiger partial charge in [-0.15, -0.1) is 0 Å². The maximum atomic E-state index is 4.84. The molecule has 3 rings (SSSR count). The predicted molar refractivity (Wildman–Crippen MR) is 71.1 cm³/mol. The van der Waals surface area contributed by atoms with Crippen molar-refractivity contribution in [3.05, 3.63) is 53.2 Å². The normalized spacial score (nSPS) is 14.4. The van der Waals surface area contributed by atoms with Gasteiger partial charge in [0.15, 0.2) is 0 Å². The number of aryl methyl sites for hydroxylation is 3. The molecule has 0 unspecified atom stereocenters. The Hall–Kier alpha value is -1.63. The summed E-state index contributed by atoms with van der Waals surface area (Å²) < 4.78 is 0. The van der Waals surface area contributed by atoms with Crippen molar-refractivity contribution in [2.75, 3.05) is 0 Å². The molecule has 0 N–H and O–H groups in total. The first-order valence-electron chi connectivity index (χ1n) is 6.39. The number of pyridine rings is 1. The van der Waals surface area contributed by atoms with Crippen molar-refractivity contribution >= 4 is 0 Å². The minimum Gasteiger partial charge on any atom is -0.253 e. The summed E-state index contributed by atoms with van der Waals surface area (Å²) in [6.45, 7) is 2.15. The molecule has 0 bridgehead atoms. The number of hydrogen-bond acceptors (Lipinski definition) is 1. The van der Waals surface area contributed by atoms with Crippen LogP contribution >= 0.6 is 0 Å². The van der Waals surface area contributed by atoms with Crippen LogP contribution in [0.25, 0.3) is 11.3 Å². The Labute approximate surface area is 103 Å². The molecule has 0 spiro atoms. The van der Waals surface area contributed by atoms with Crippen LogP contribution in [0, 0.1) is 6.92 Å². The zero-order valence-electron chi connectivity index (χ0n) is 10.2. The summed E-state index contributed by atoms with van der Waals surface area (Å²) in [6, 6.07) is 12.9. The van der Waals surface area contributed by atoms with E-state index in [0.29, 0.717) is 0 Å². The molecule has 1 aliphatic carbocycles. The van der Waals surface area contributed by atoms with E-state index in [9.17, 15) is 0 Å². The van der Waals surface area contributed by atoms with E-state index in [0.717, 1.165) is 12.1 Å². The zero-order valence-corrected chi connectivity index (χ0v) is 10.2. The van der Waals surface area contributed by atoms with Crippen LogP contribution in [0.15, 0.2) is 36.4 Å². The summed E-state index contributed by atoms with van der Waals surface area (Å²) in [5.41, 5.74) is 6.46. The average molecular weight is 223 g/mol. The molecule has 0 aliphatic heterocycles. The molecular weight excluding hydrogens is 206 g/mol. The number of rotatable bonds is 1. The fourth-order valence-electron chi connectivity index (χ4n) is 2.59. The minimum atomic E-state index is 1.13. The van der Waals surface area contributed by atoms with Crippen molar-refractivity contribution in [2.24, 2.45) is 0 Å². The summed E-state index contributed by atoms with van der Waals surface area (Å²) in [5, 5.41) is 0. The Morgan fingerprint density at radius 1 is 0.941 bits per heavy atom. The van der Waals surface area contributed by atoms with Gasteiger partial charge in [0.1, 0.15) is 0 Å². The quantitative estimate of drug-likeness (QED) is 0.713. The van der Waals surface area contributed by atoms with Crippen molar-refractivity contribution < 1.29 is 0 Å². The Bertz CT molecular complexity index is 543. The van der Waals surface area contributed by atoms with Gasteiger partial charge in [-0.05, 0) is 49.8 Å².